The Balaban J connectivity index is 2.14. The number of aromatic nitrogens is 2. The lowest BCUT2D eigenvalue weighted by Gasteiger charge is -2.16. The summed E-state index contributed by atoms with van der Waals surface area (Å²) in [7, 11) is 0. The minimum Gasteiger partial charge on any atom is -0.309 e. The van der Waals surface area contributed by atoms with Gasteiger partial charge in [-0.05, 0) is 0 Å². The summed E-state index contributed by atoms with van der Waals surface area (Å²) in [5, 5.41) is 2.75. The lowest BCUT2D eigenvalue weighted by molar-refractivity contribution is -0.123. The fourth-order valence-electron chi connectivity index (χ4n) is 1.45. The molecule has 1 aromatic heterocycles. The predicted octanol–water partition coefficient (Wildman–Crippen LogP) is 3.13. The zero-order valence-electron chi connectivity index (χ0n) is 11.3. The highest BCUT2D eigenvalue weighted by atomic mass is 16.2. The standard InChI is InChI=1S/C15H17N3O/c1-15(2,3)14(19)18-13-10-16-12(9-17-13)11-7-5-4-6-8-11/h4-10H,1-3H3,(H,17,18,19). The normalized spacial score (nSPS) is 11.1. The average Bonchev–Trinajstić information content (AvgIpc) is 2.39. The van der Waals surface area contributed by atoms with Crippen LogP contribution in [-0.4, -0.2) is 15.9 Å². The Morgan fingerprint density at radius 1 is 1.05 bits per heavy atom. The van der Waals surface area contributed by atoms with Crippen molar-refractivity contribution in [3.8, 4) is 11.3 Å². The van der Waals surface area contributed by atoms with E-state index in [1.165, 1.54) is 0 Å². The predicted molar refractivity (Wildman–Crippen MR) is 75.6 cm³/mol. The first kappa shape index (κ1) is 13.2. The Hall–Kier alpha value is -2.23. The van der Waals surface area contributed by atoms with Crippen molar-refractivity contribution in [3.05, 3.63) is 42.7 Å². The van der Waals surface area contributed by atoms with Gasteiger partial charge in [-0.25, -0.2) is 4.98 Å². The van der Waals surface area contributed by atoms with E-state index in [9.17, 15) is 4.79 Å². The van der Waals surface area contributed by atoms with Crippen molar-refractivity contribution in [2.45, 2.75) is 20.8 Å². The molecular formula is C15H17N3O. The van der Waals surface area contributed by atoms with Crippen molar-refractivity contribution >= 4 is 11.7 Å². The Morgan fingerprint density at radius 3 is 2.26 bits per heavy atom. The number of carbonyl (C=O) groups is 1. The molecule has 4 heteroatoms. The maximum absolute atomic E-state index is 11.8. The molecule has 0 aliphatic heterocycles. The summed E-state index contributed by atoms with van der Waals surface area (Å²) in [5.74, 6) is 0.397. The zero-order chi connectivity index (χ0) is 13.9. The van der Waals surface area contributed by atoms with Gasteiger partial charge in [0, 0.05) is 11.0 Å². The second-order valence-corrected chi connectivity index (χ2v) is 5.36. The van der Waals surface area contributed by atoms with Gasteiger partial charge in [0.25, 0.3) is 0 Å². The van der Waals surface area contributed by atoms with E-state index in [2.05, 4.69) is 15.3 Å². The highest BCUT2D eigenvalue weighted by Crippen LogP contribution is 2.18. The van der Waals surface area contributed by atoms with Crippen LogP contribution in [0.15, 0.2) is 42.7 Å². The van der Waals surface area contributed by atoms with Gasteiger partial charge in [-0.2, -0.15) is 0 Å². The molecule has 98 valence electrons. The second-order valence-electron chi connectivity index (χ2n) is 5.36. The van der Waals surface area contributed by atoms with Gasteiger partial charge in [0.05, 0.1) is 18.1 Å². The molecule has 2 rings (SSSR count). The molecule has 0 spiro atoms. The van der Waals surface area contributed by atoms with Crippen molar-refractivity contribution < 1.29 is 4.79 Å². The lowest BCUT2D eigenvalue weighted by atomic mass is 9.96. The van der Waals surface area contributed by atoms with Crippen LogP contribution in [0.2, 0.25) is 0 Å². The highest BCUT2D eigenvalue weighted by Gasteiger charge is 2.21. The van der Waals surface area contributed by atoms with E-state index in [0.717, 1.165) is 11.3 Å². The molecule has 1 N–H and O–H groups in total. The largest absolute Gasteiger partial charge is 0.309 e. The van der Waals surface area contributed by atoms with Crippen LogP contribution < -0.4 is 5.32 Å². The summed E-state index contributed by atoms with van der Waals surface area (Å²) in [6.45, 7) is 5.57. The number of nitrogens with zero attached hydrogens (tertiary/aromatic N) is 2. The molecule has 0 saturated heterocycles. The second kappa shape index (κ2) is 5.18. The fraction of sp³-hybridized carbons (Fsp3) is 0.267. The number of nitrogens with one attached hydrogen (secondary N) is 1. The van der Waals surface area contributed by atoms with Gasteiger partial charge in [0.2, 0.25) is 5.91 Å². The fourth-order valence-corrected chi connectivity index (χ4v) is 1.45. The van der Waals surface area contributed by atoms with E-state index in [1.807, 2.05) is 51.1 Å². The highest BCUT2D eigenvalue weighted by molar-refractivity contribution is 5.93. The third kappa shape index (κ3) is 3.37. The number of amides is 1. The molecule has 2 aromatic rings. The monoisotopic (exact) mass is 255 g/mol. The van der Waals surface area contributed by atoms with Gasteiger partial charge in [-0.15, -0.1) is 0 Å². The number of anilines is 1. The Bertz CT molecular complexity index is 556. The van der Waals surface area contributed by atoms with Gasteiger partial charge in [0.1, 0.15) is 0 Å². The van der Waals surface area contributed by atoms with Gasteiger partial charge < -0.3 is 5.32 Å². The summed E-state index contributed by atoms with van der Waals surface area (Å²) in [6.07, 6.45) is 3.24. The van der Waals surface area contributed by atoms with Crippen molar-refractivity contribution in [3.63, 3.8) is 0 Å². The van der Waals surface area contributed by atoms with Gasteiger partial charge in [-0.3, -0.25) is 9.78 Å². The molecule has 0 aliphatic rings. The number of carbonyl (C=O) groups excluding carboxylic acids is 1. The third-order valence-corrected chi connectivity index (χ3v) is 2.64. The van der Waals surface area contributed by atoms with Crippen LogP contribution in [-0.2, 0) is 4.79 Å². The maximum atomic E-state index is 11.8. The molecule has 1 amide bonds. The smallest absolute Gasteiger partial charge is 0.230 e. The van der Waals surface area contributed by atoms with E-state index in [-0.39, 0.29) is 5.91 Å². The van der Waals surface area contributed by atoms with Gasteiger partial charge in [-0.1, -0.05) is 51.1 Å². The molecule has 1 heterocycles. The molecule has 0 saturated carbocycles. The minimum atomic E-state index is -0.445. The van der Waals surface area contributed by atoms with Crippen LogP contribution in [0.4, 0.5) is 5.82 Å². The minimum absolute atomic E-state index is 0.0748. The number of hydrogen-bond acceptors (Lipinski definition) is 3. The Kier molecular flexibility index (Phi) is 3.60. The molecule has 0 fully saturated rings. The molecule has 1 aromatic carbocycles. The summed E-state index contributed by atoms with van der Waals surface area (Å²) in [6, 6.07) is 9.79. The molecule has 0 unspecified atom stereocenters. The first-order valence-electron chi connectivity index (χ1n) is 6.16. The first-order chi connectivity index (χ1) is 8.97. The molecule has 4 nitrogen and oxygen atoms in total. The van der Waals surface area contributed by atoms with Crippen LogP contribution >= 0.6 is 0 Å². The van der Waals surface area contributed by atoms with Crippen LogP contribution in [0.25, 0.3) is 11.3 Å². The van der Waals surface area contributed by atoms with E-state index >= 15 is 0 Å². The number of benzene rings is 1. The average molecular weight is 255 g/mol. The molecule has 0 aliphatic carbocycles. The zero-order valence-corrected chi connectivity index (χ0v) is 11.3. The van der Waals surface area contributed by atoms with Crippen LogP contribution in [0.1, 0.15) is 20.8 Å². The van der Waals surface area contributed by atoms with Crippen molar-refractivity contribution in [2.75, 3.05) is 5.32 Å². The van der Waals surface area contributed by atoms with Crippen molar-refractivity contribution in [1.82, 2.24) is 9.97 Å². The summed E-state index contributed by atoms with van der Waals surface area (Å²) < 4.78 is 0. The number of rotatable bonds is 2. The van der Waals surface area contributed by atoms with Crippen LogP contribution in [0.3, 0.4) is 0 Å². The van der Waals surface area contributed by atoms with Gasteiger partial charge in [0.15, 0.2) is 5.82 Å². The number of hydrogen-bond donors (Lipinski definition) is 1. The van der Waals surface area contributed by atoms with Crippen LogP contribution in [0.5, 0.6) is 0 Å². The lowest BCUT2D eigenvalue weighted by Crippen LogP contribution is -2.28. The molecule has 19 heavy (non-hydrogen) atoms. The van der Waals surface area contributed by atoms with E-state index < -0.39 is 5.41 Å². The van der Waals surface area contributed by atoms with E-state index in [1.54, 1.807) is 12.4 Å². The topological polar surface area (TPSA) is 54.9 Å². The van der Waals surface area contributed by atoms with Gasteiger partial charge >= 0.3 is 0 Å². The summed E-state index contributed by atoms with van der Waals surface area (Å²) >= 11 is 0. The quantitative estimate of drug-likeness (QED) is 0.897. The van der Waals surface area contributed by atoms with E-state index in [0.29, 0.717) is 5.82 Å². The SMILES string of the molecule is CC(C)(C)C(=O)Nc1cnc(-c2ccccc2)cn1. The summed E-state index contributed by atoms with van der Waals surface area (Å²) in [5.41, 5.74) is 1.35. The summed E-state index contributed by atoms with van der Waals surface area (Å²) in [4.78, 5) is 20.3. The molecule has 0 radical (unpaired) electrons. The maximum Gasteiger partial charge on any atom is 0.230 e. The van der Waals surface area contributed by atoms with E-state index in [4.69, 9.17) is 0 Å². The first-order valence-corrected chi connectivity index (χ1v) is 6.16. The van der Waals surface area contributed by atoms with Crippen LogP contribution in [0, 0.1) is 5.41 Å². The Labute approximate surface area is 112 Å². The Morgan fingerprint density at radius 2 is 1.74 bits per heavy atom. The van der Waals surface area contributed by atoms with Crippen molar-refractivity contribution in [2.24, 2.45) is 5.41 Å². The molecular weight excluding hydrogens is 238 g/mol. The molecule has 0 bridgehead atoms. The van der Waals surface area contributed by atoms with Crippen molar-refractivity contribution in [1.29, 1.82) is 0 Å². The third-order valence-electron chi connectivity index (χ3n) is 2.64. The molecule has 0 atom stereocenters.